The highest BCUT2D eigenvalue weighted by Crippen LogP contribution is 2.66. The lowest BCUT2D eigenvalue weighted by Crippen LogP contribution is -2.55. The molecule has 0 aromatic heterocycles. The molecule has 108 heavy (non-hydrogen) atoms. The Balaban J connectivity index is 0.000000423. The molecule has 646 valence electrons. The van der Waals surface area contributed by atoms with Crippen molar-refractivity contribution in [3.05, 3.63) is 0 Å². The molecule has 30 heteroatoms. The number of fused-ring (bicyclic) bond motifs is 3. The minimum Gasteiger partial charge on any atom is -0.171 e. The van der Waals surface area contributed by atoms with Gasteiger partial charge in [-0.2, -0.15) is 132 Å². The zero-order valence-corrected chi connectivity index (χ0v) is 65.9. The van der Waals surface area contributed by atoms with Gasteiger partial charge < -0.3 is 0 Å². The average molecular weight is 1630 g/mol. The van der Waals surface area contributed by atoms with Gasteiger partial charge in [0.05, 0.1) is 23.2 Å². The van der Waals surface area contributed by atoms with Crippen LogP contribution in [0.25, 0.3) is 0 Å². The molecule has 0 heterocycles. The molecule has 0 aromatic carbocycles. The molecule has 0 amide bonds. The monoisotopic (exact) mass is 1630 g/mol. The van der Waals surface area contributed by atoms with Crippen LogP contribution >= 0.6 is 0 Å². The molecule has 0 aliphatic heterocycles. The molecule has 10 aliphatic carbocycles. The summed E-state index contributed by atoms with van der Waals surface area (Å²) < 4.78 is 377. The number of rotatable bonds is 1. The summed E-state index contributed by atoms with van der Waals surface area (Å²) in [5.41, 5.74) is -12.8. The van der Waals surface area contributed by atoms with Crippen LogP contribution in [0.4, 0.5) is 132 Å². The quantitative estimate of drug-likeness (QED) is 0.230. The third-order valence-electron chi connectivity index (χ3n) is 28.4. The van der Waals surface area contributed by atoms with Gasteiger partial charge in [-0.25, -0.2) is 0 Å². The van der Waals surface area contributed by atoms with Crippen LogP contribution in [0.1, 0.15) is 316 Å². The van der Waals surface area contributed by atoms with Gasteiger partial charge in [0.1, 0.15) is 0 Å². The molecule has 3 unspecified atom stereocenters. The Morgan fingerprint density at radius 2 is 0.667 bits per heavy atom. The van der Waals surface area contributed by atoms with E-state index in [2.05, 4.69) is 20.8 Å². The first-order valence-electron chi connectivity index (χ1n) is 38.8. The zero-order valence-electron chi connectivity index (χ0n) is 65.9. The summed E-state index contributed by atoms with van der Waals surface area (Å²) in [6.45, 7) is 28.8. The first-order chi connectivity index (χ1) is 48.1. The largest absolute Gasteiger partial charge is 0.403 e. The standard InChI is InChI=1S/C14H20F6.C11H21F3.C10H18.2C9H12F6.C9H15F3.2C8H13F3/c1-10-2-4-11(5-3-10)6-8-12(9-7-11,13(15,16)17)14(18,19)20;1-8(2,3)9(4,5)10(6,7)11(12,13)14;1-8-7-9-3-5-10(8,2)6-4-9;1-6-2-4-7(5-3-6,8(10,11)12)9(13,14)15;1-6-4-2-3-5-7(6,8(10,11)12)9(13,14)15;1-6-4-3-5-8(7(6)2)9(10,11)12;1-6-2-4-7(5-3-6)8(9,10)11;1-6-3-2-4-7(5-6)8(9,10)11/h10H,2-9H2,1H3;1-7H3;8-9H,3-7H2,1-2H3;2*6H,2-5H2,1H3;6-8H,3-5H2,1-2H3;2*6-7H,2-5H2,1H3/t;;8-,9?,10?;;6-;6?,7-,8?;;6-,7?/m..0.11.1/s1. The summed E-state index contributed by atoms with van der Waals surface area (Å²) in [6, 6.07) is 0. The lowest BCUT2D eigenvalue weighted by molar-refractivity contribution is -0.364. The molecule has 10 aliphatic rings. The Hall–Kier alpha value is -2.10. The maximum atomic E-state index is 13.0. The Labute approximate surface area is 622 Å². The van der Waals surface area contributed by atoms with Crippen molar-refractivity contribution in [1.29, 1.82) is 0 Å². The van der Waals surface area contributed by atoms with Crippen LogP contribution < -0.4 is 0 Å². The lowest BCUT2D eigenvalue weighted by Gasteiger charge is -2.51. The number of halogens is 30. The summed E-state index contributed by atoms with van der Waals surface area (Å²) >= 11 is 0. The van der Waals surface area contributed by atoms with E-state index in [-0.39, 0.29) is 73.0 Å². The van der Waals surface area contributed by atoms with Gasteiger partial charge in [-0.15, -0.1) is 0 Å². The fraction of sp³-hybridized carbons (Fsp3) is 1.00. The SMILES string of the molecule is CC(C)(C)C(C)(C)C(C)(C)C(F)(F)F.CC1CCC(C(F)(F)F)(C(F)(F)F)CC1.CC1CCC(C(F)(F)F)CC1.CC1CCC2(CC1)CCC(C(F)(F)F)(C(F)(F)F)CC2.CC1CCCC(C(F)(F)F)[C@@H]1C.C[C@@H]1CCCC(C(F)(F)F)C1.C[C@@H]1CCCCC1(C(F)(F)F)C(F)(F)F.C[C@H]1CC2CCC1(C)CC2. The first-order valence-corrected chi connectivity index (χ1v) is 38.8. The molecule has 2 bridgehead atoms. The van der Waals surface area contributed by atoms with Crippen molar-refractivity contribution in [1.82, 2.24) is 0 Å². The smallest absolute Gasteiger partial charge is 0.171 e. The molecule has 10 fully saturated rings. The third kappa shape index (κ3) is 26.2. The van der Waals surface area contributed by atoms with E-state index in [1.165, 1.54) is 46.0 Å². The Bertz CT molecular complexity index is 2480. The third-order valence-corrected chi connectivity index (χ3v) is 28.4. The topological polar surface area (TPSA) is 0 Å². The first kappa shape index (κ1) is 102. The summed E-state index contributed by atoms with van der Waals surface area (Å²) in [7, 11) is 0. The van der Waals surface area contributed by atoms with Gasteiger partial charge in [0.15, 0.2) is 16.2 Å². The molecule has 0 aromatic rings. The van der Waals surface area contributed by atoms with Crippen molar-refractivity contribution < 1.29 is 132 Å². The van der Waals surface area contributed by atoms with E-state index in [1.54, 1.807) is 27.7 Å². The number of alkyl halides is 30. The molecule has 10 saturated carbocycles. The summed E-state index contributed by atoms with van der Waals surface area (Å²) in [6.07, 6.45) is -33.3. The number of hydrogen-bond donors (Lipinski definition) is 0. The van der Waals surface area contributed by atoms with Gasteiger partial charge in [0.25, 0.3) is 0 Å². The predicted molar refractivity (Wildman–Crippen MR) is 360 cm³/mol. The minimum atomic E-state index is -5.20. The van der Waals surface area contributed by atoms with Crippen LogP contribution in [-0.4, -0.2) is 61.8 Å². The van der Waals surface area contributed by atoms with Crippen molar-refractivity contribution in [3.8, 4) is 0 Å². The molecular weight excluding hydrogens is 1510 g/mol. The molecule has 10 rings (SSSR count). The average Bonchev–Trinajstić information content (AvgIpc) is 0.746. The second-order valence-electron chi connectivity index (χ2n) is 36.8. The van der Waals surface area contributed by atoms with E-state index in [4.69, 9.17) is 0 Å². The fourth-order valence-electron chi connectivity index (χ4n) is 17.6. The normalized spacial score (nSPS) is 30.5. The van der Waals surface area contributed by atoms with E-state index >= 15 is 0 Å². The zero-order chi connectivity index (χ0) is 84.6. The lowest BCUT2D eigenvalue weighted by atomic mass is 9.55. The summed E-state index contributed by atoms with van der Waals surface area (Å²) in [4.78, 5) is 0. The van der Waals surface area contributed by atoms with E-state index < -0.39 is 145 Å². The van der Waals surface area contributed by atoms with Crippen LogP contribution in [0.2, 0.25) is 0 Å². The van der Waals surface area contributed by atoms with Gasteiger partial charge >= 0.3 is 61.8 Å². The van der Waals surface area contributed by atoms with Crippen LogP contribution in [-0.2, 0) is 0 Å². The van der Waals surface area contributed by atoms with Crippen LogP contribution in [0, 0.1) is 114 Å². The van der Waals surface area contributed by atoms with Crippen molar-refractivity contribution >= 4 is 0 Å². The molecule has 0 saturated heterocycles. The highest BCUT2D eigenvalue weighted by Gasteiger charge is 2.74. The Kier molecular flexibility index (Phi) is 35.4. The molecule has 7 atom stereocenters. The summed E-state index contributed by atoms with van der Waals surface area (Å²) in [5.74, 6) is -1.08. The van der Waals surface area contributed by atoms with Gasteiger partial charge in [-0.05, 0) is 216 Å². The highest BCUT2D eigenvalue weighted by molar-refractivity contribution is 5.03. The van der Waals surface area contributed by atoms with Gasteiger partial charge in [0.2, 0.25) is 0 Å². The van der Waals surface area contributed by atoms with E-state index in [0.717, 1.165) is 88.4 Å². The van der Waals surface area contributed by atoms with Crippen molar-refractivity contribution in [2.45, 2.75) is 378 Å². The van der Waals surface area contributed by atoms with Crippen LogP contribution in [0.15, 0.2) is 0 Å². The van der Waals surface area contributed by atoms with Gasteiger partial charge in [-0.3, -0.25) is 0 Å². The van der Waals surface area contributed by atoms with E-state index in [0.29, 0.717) is 50.4 Å². The Morgan fingerprint density at radius 1 is 0.278 bits per heavy atom. The van der Waals surface area contributed by atoms with Crippen molar-refractivity contribution in [2.75, 3.05) is 0 Å². The number of hydrogen-bond acceptors (Lipinski definition) is 0. The van der Waals surface area contributed by atoms with E-state index in [9.17, 15) is 132 Å². The molecule has 0 radical (unpaired) electrons. The molecule has 1 spiro atoms. The van der Waals surface area contributed by atoms with Crippen LogP contribution in [0.5, 0.6) is 0 Å². The maximum absolute atomic E-state index is 13.0. The second-order valence-corrected chi connectivity index (χ2v) is 36.8. The van der Waals surface area contributed by atoms with Crippen molar-refractivity contribution in [3.63, 3.8) is 0 Å². The fourth-order valence-corrected chi connectivity index (χ4v) is 17.6. The minimum absolute atomic E-state index is 0.0106. The summed E-state index contributed by atoms with van der Waals surface area (Å²) in [5, 5.41) is 0. The highest BCUT2D eigenvalue weighted by atomic mass is 19.5. The van der Waals surface area contributed by atoms with E-state index in [1.807, 2.05) is 41.5 Å². The molecule has 0 N–H and O–H groups in total. The second kappa shape index (κ2) is 37.4. The van der Waals surface area contributed by atoms with Gasteiger partial charge in [-0.1, -0.05) is 175 Å². The maximum Gasteiger partial charge on any atom is 0.403 e. The molecular formula is C78H124F30. The Morgan fingerprint density at radius 3 is 0.954 bits per heavy atom. The predicted octanol–water partition coefficient (Wildman–Crippen LogP) is 32.7. The van der Waals surface area contributed by atoms with Crippen molar-refractivity contribution in [2.24, 2.45) is 114 Å². The van der Waals surface area contributed by atoms with Gasteiger partial charge in [0, 0.05) is 0 Å². The van der Waals surface area contributed by atoms with Crippen LogP contribution in [0.3, 0.4) is 0 Å². The molecule has 0 nitrogen and oxygen atoms in total.